The number of thiazole rings is 1. The number of amides is 1. The Hall–Kier alpha value is -3.59. The first-order chi connectivity index (χ1) is 15.0. The van der Waals surface area contributed by atoms with Crippen LogP contribution < -0.4 is 10.9 Å². The Bertz CT molecular complexity index is 1240. The highest BCUT2D eigenvalue weighted by molar-refractivity contribution is 7.15. The van der Waals surface area contributed by atoms with E-state index < -0.39 is 0 Å². The lowest BCUT2D eigenvalue weighted by Gasteiger charge is -2.09. The molecule has 0 aliphatic heterocycles. The quantitative estimate of drug-likeness (QED) is 0.483. The summed E-state index contributed by atoms with van der Waals surface area (Å²) in [6, 6.07) is 10.6. The first-order valence-corrected chi connectivity index (χ1v) is 10.7. The monoisotopic (exact) mass is 434 g/mol. The lowest BCUT2D eigenvalue weighted by Crippen LogP contribution is -2.31. The number of hydrogen-bond donors (Lipinski definition) is 1. The number of nitrogens with zero attached hydrogens (tertiary/aromatic N) is 5. The number of carbonyl (C=O) groups is 1. The molecule has 1 aromatic carbocycles. The molecule has 3 aromatic heterocycles. The minimum absolute atomic E-state index is 0.188. The number of aryl methyl sites for hydroxylation is 2. The molecule has 0 unspecified atom stereocenters. The minimum atomic E-state index is -0.208. The highest BCUT2D eigenvalue weighted by atomic mass is 32.1. The SMILES string of the molecule is Cc1nc(C)c(-c2ccc(=O)n(CCNC(=O)c3ccc(Cn4ccnc4)cc3)n2)s1. The molecule has 158 valence electrons. The lowest BCUT2D eigenvalue weighted by molar-refractivity contribution is 0.0951. The molecule has 0 aliphatic rings. The van der Waals surface area contributed by atoms with E-state index in [2.05, 4.69) is 20.4 Å². The van der Waals surface area contributed by atoms with E-state index in [1.807, 2.05) is 36.7 Å². The molecular weight excluding hydrogens is 412 g/mol. The average molecular weight is 435 g/mol. The smallest absolute Gasteiger partial charge is 0.266 e. The van der Waals surface area contributed by atoms with Crippen molar-refractivity contribution < 1.29 is 4.79 Å². The molecule has 31 heavy (non-hydrogen) atoms. The first-order valence-electron chi connectivity index (χ1n) is 9.85. The summed E-state index contributed by atoms with van der Waals surface area (Å²) >= 11 is 1.55. The molecule has 0 fully saturated rings. The summed E-state index contributed by atoms with van der Waals surface area (Å²) in [5, 5.41) is 8.25. The summed E-state index contributed by atoms with van der Waals surface area (Å²) in [5.41, 5.74) is 3.04. The lowest BCUT2D eigenvalue weighted by atomic mass is 10.1. The van der Waals surface area contributed by atoms with Gasteiger partial charge in [0.2, 0.25) is 0 Å². The van der Waals surface area contributed by atoms with E-state index in [1.54, 1.807) is 42.1 Å². The van der Waals surface area contributed by atoms with Crippen LogP contribution in [-0.4, -0.2) is 36.8 Å². The number of nitrogens with one attached hydrogen (secondary N) is 1. The summed E-state index contributed by atoms with van der Waals surface area (Å²) < 4.78 is 3.33. The fraction of sp³-hybridized carbons (Fsp3) is 0.227. The normalized spacial score (nSPS) is 10.9. The molecule has 0 saturated heterocycles. The molecule has 4 rings (SSSR count). The van der Waals surface area contributed by atoms with Crippen LogP contribution in [0, 0.1) is 13.8 Å². The Morgan fingerprint density at radius 2 is 1.94 bits per heavy atom. The second kappa shape index (κ2) is 9.05. The van der Waals surface area contributed by atoms with E-state index in [4.69, 9.17) is 0 Å². The van der Waals surface area contributed by atoms with Crippen LogP contribution in [0.4, 0.5) is 0 Å². The van der Waals surface area contributed by atoms with Gasteiger partial charge in [0.25, 0.3) is 11.5 Å². The topological polar surface area (TPSA) is 94.7 Å². The Labute approximate surface area is 183 Å². The van der Waals surface area contributed by atoms with Gasteiger partial charge in [-0.15, -0.1) is 11.3 Å². The Morgan fingerprint density at radius 3 is 2.61 bits per heavy atom. The molecule has 8 nitrogen and oxygen atoms in total. The van der Waals surface area contributed by atoms with E-state index in [1.165, 1.54) is 10.7 Å². The molecule has 0 spiro atoms. The third kappa shape index (κ3) is 4.95. The van der Waals surface area contributed by atoms with Gasteiger partial charge < -0.3 is 9.88 Å². The predicted octanol–water partition coefficient (Wildman–Crippen LogP) is 2.66. The largest absolute Gasteiger partial charge is 0.350 e. The van der Waals surface area contributed by atoms with E-state index in [0.29, 0.717) is 24.3 Å². The molecule has 0 aliphatic carbocycles. The highest BCUT2D eigenvalue weighted by Crippen LogP contribution is 2.27. The van der Waals surface area contributed by atoms with Gasteiger partial charge in [0, 0.05) is 37.1 Å². The zero-order valence-electron chi connectivity index (χ0n) is 17.3. The van der Waals surface area contributed by atoms with Gasteiger partial charge in [-0.05, 0) is 37.6 Å². The van der Waals surface area contributed by atoms with Gasteiger partial charge in [0.05, 0.1) is 28.5 Å². The summed E-state index contributed by atoms with van der Waals surface area (Å²) in [7, 11) is 0. The molecule has 0 atom stereocenters. The average Bonchev–Trinajstić information content (AvgIpc) is 3.39. The van der Waals surface area contributed by atoms with Crippen LogP contribution in [0.1, 0.15) is 26.6 Å². The van der Waals surface area contributed by atoms with Crippen LogP contribution in [-0.2, 0) is 13.1 Å². The van der Waals surface area contributed by atoms with Crippen molar-refractivity contribution in [2.45, 2.75) is 26.9 Å². The number of imidazole rings is 1. The molecule has 0 bridgehead atoms. The van der Waals surface area contributed by atoms with Crippen LogP contribution in [0.3, 0.4) is 0 Å². The molecule has 0 radical (unpaired) electrons. The molecule has 1 amide bonds. The fourth-order valence-corrected chi connectivity index (χ4v) is 4.11. The standard InChI is InChI=1S/C22H22N6O2S/c1-15-21(31-16(2)25-15)19-7-8-20(29)28(26-19)12-10-24-22(30)18-5-3-17(4-6-18)13-27-11-9-23-14-27/h3-9,11,14H,10,12-13H2,1-2H3,(H,24,30). The van der Waals surface area contributed by atoms with Crippen molar-refractivity contribution in [3.8, 4) is 10.6 Å². The van der Waals surface area contributed by atoms with Crippen molar-refractivity contribution in [2.24, 2.45) is 0 Å². The first kappa shape index (κ1) is 20.7. The Balaban J connectivity index is 1.36. The number of benzene rings is 1. The highest BCUT2D eigenvalue weighted by Gasteiger charge is 2.11. The molecule has 9 heteroatoms. The third-order valence-electron chi connectivity index (χ3n) is 4.75. The fourth-order valence-electron chi connectivity index (χ4n) is 3.23. The predicted molar refractivity (Wildman–Crippen MR) is 119 cm³/mol. The Morgan fingerprint density at radius 1 is 1.13 bits per heavy atom. The minimum Gasteiger partial charge on any atom is -0.350 e. The van der Waals surface area contributed by atoms with Crippen LogP contribution in [0.25, 0.3) is 10.6 Å². The summed E-state index contributed by atoms with van der Waals surface area (Å²) in [4.78, 5) is 34.0. The van der Waals surface area contributed by atoms with Crippen molar-refractivity contribution >= 4 is 17.2 Å². The zero-order chi connectivity index (χ0) is 21.8. The van der Waals surface area contributed by atoms with Crippen molar-refractivity contribution in [3.63, 3.8) is 0 Å². The Kier molecular flexibility index (Phi) is 6.03. The maximum atomic E-state index is 12.4. The number of aromatic nitrogens is 5. The number of hydrogen-bond acceptors (Lipinski definition) is 6. The van der Waals surface area contributed by atoms with Gasteiger partial charge in [-0.1, -0.05) is 12.1 Å². The van der Waals surface area contributed by atoms with Crippen molar-refractivity contribution in [1.82, 2.24) is 29.6 Å². The summed E-state index contributed by atoms with van der Waals surface area (Å²) in [6.45, 7) is 5.15. The van der Waals surface area contributed by atoms with Gasteiger partial charge in [0.1, 0.15) is 5.69 Å². The van der Waals surface area contributed by atoms with Crippen molar-refractivity contribution in [2.75, 3.05) is 6.54 Å². The van der Waals surface area contributed by atoms with Gasteiger partial charge in [-0.25, -0.2) is 14.6 Å². The second-order valence-electron chi connectivity index (χ2n) is 7.12. The van der Waals surface area contributed by atoms with Crippen molar-refractivity contribution in [1.29, 1.82) is 0 Å². The van der Waals surface area contributed by atoms with Gasteiger partial charge in [0.15, 0.2) is 0 Å². The molecular formula is C22H22N6O2S. The zero-order valence-corrected chi connectivity index (χ0v) is 18.1. The van der Waals surface area contributed by atoms with Gasteiger partial charge >= 0.3 is 0 Å². The third-order valence-corrected chi connectivity index (χ3v) is 5.85. The van der Waals surface area contributed by atoms with E-state index >= 15 is 0 Å². The van der Waals surface area contributed by atoms with Gasteiger partial charge in [-0.3, -0.25) is 9.59 Å². The van der Waals surface area contributed by atoms with Crippen LogP contribution in [0.2, 0.25) is 0 Å². The second-order valence-corrected chi connectivity index (χ2v) is 8.32. The van der Waals surface area contributed by atoms with Gasteiger partial charge in [-0.2, -0.15) is 5.10 Å². The van der Waals surface area contributed by atoms with Crippen LogP contribution >= 0.6 is 11.3 Å². The molecule has 4 aromatic rings. The number of rotatable bonds is 7. The molecule has 0 saturated carbocycles. The summed E-state index contributed by atoms with van der Waals surface area (Å²) in [5.74, 6) is -0.188. The van der Waals surface area contributed by atoms with Crippen LogP contribution in [0.15, 0.2) is 59.9 Å². The van der Waals surface area contributed by atoms with E-state index in [-0.39, 0.29) is 18.0 Å². The van der Waals surface area contributed by atoms with Crippen LogP contribution in [0.5, 0.6) is 0 Å². The van der Waals surface area contributed by atoms with Crippen molar-refractivity contribution in [3.05, 3.63) is 87.3 Å². The maximum absolute atomic E-state index is 12.4. The van der Waals surface area contributed by atoms with E-state index in [9.17, 15) is 9.59 Å². The summed E-state index contributed by atoms with van der Waals surface area (Å²) in [6.07, 6.45) is 5.38. The molecule has 3 heterocycles. The molecule has 1 N–H and O–H groups in total. The maximum Gasteiger partial charge on any atom is 0.266 e. The van der Waals surface area contributed by atoms with E-state index in [0.717, 1.165) is 21.1 Å². The number of carbonyl (C=O) groups excluding carboxylic acids is 1.